The summed E-state index contributed by atoms with van der Waals surface area (Å²) in [6.45, 7) is 5.82. The molecule has 2 unspecified atom stereocenters. The number of ether oxygens (including phenoxy) is 8. The van der Waals surface area contributed by atoms with Crippen molar-refractivity contribution in [2.45, 2.75) is 97.3 Å². The SMILES string of the molecule is CC[C@]1(OC(CNC(C)=O)[C@H](OC(C)=O)[C@@H](COC(C)=O)OC(C)=O)O[C@H](COC(C)=O)[C@H](C(O)COC(C)=O)OC1=O. The van der Waals surface area contributed by atoms with Crippen molar-refractivity contribution in [3.05, 3.63) is 0 Å². The molecular formula is C26H39NO16. The van der Waals surface area contributed by atoms with Crippen LogP contribution in [0.4, 0.5) is 0 Å². The normalized spacial score (nSPS) is 22.5. The number of hydrogen-bond donors (Lipinski definition) is 2. The van der Waals surface area contributed by atoms with Crippen LogP contribution >= 0.6 is 0 Å². The lowest BCUT2D eigenvalue weighted by molar-refractivity contribution is -0.335. The summed E-state index contributed by atoms with van der Waals surface area (Å²) in [5.74, 6) is -8.01. The molecule has 0 aromatic heterocycles. The summed E-state index contributed by atoms with van der Waals surface area (Å²) in [6.07, 6.45) is -9.34. The van der Waals surface area contributed by atoms with Gasteiger partial charge in [-0.1, -0.05) is 6.92 Å². The number of cyclic esters (lactones) is 1. The van der Waals surface area contributed by atoms with Crippen molar-refractivity contribution < 1.29 is 76.6 Å². The minimum absolute atomic E-state index is 0.277. The molecule has 0 spiro atoms. The van der Waals surface area contributed by atoms with E-state index in [1.54, 1.807) is 0 Å². The lowest BCUT2D eigenvalue weighted by Gasteiger charge is -2.45. The third kappa shape index (κ3) is 12.5. The molecule has 0 aliphatic carbocycles. The molecule has 17 nitrogen and oxygen atoms in total. The molecule has 1 heterocycles. The smallest absolute Gasteiger partial charge is 0.367 e. The summed E-state index contributed by atoms with van der Waals surface area (Å²) >= 11 is 0. The molecule has 0 radical (unpaired) electrons. The molecule has 244 valence electrons. The van der Waals surface area contributed by atoms with Crippen LogP contribution in [0.5, 0.6) is 0 Å². The van der Waals surface area contributed by atoms with Gasteiger partial charge >= 0.3 is 35.8 Å². The lowest BCUT2D eigenvalue weighted by atomic mass is 10.0. The first kappa shape index (κ1) is 37.2. The van der Waals surface area contributed by atoms with E-state index >= 15 is 0 Å². The van der Waals surface area contributed by atoms with Crippen molar-refractivity contribution in [3.8, 4) is 0 Å². The maximum atomic E-state index is 13.4. The van der Waals surface area contributed by atoms with Crippen LogP contribution in [0.2, 0.25) is 0 Å². The standard InChI is InChI=1S/C26H39NO16/c1-8-26(25(35)41-23(19(34)10-36-14(3)29)22(43-26)12-38-16(5)31)42-20(9-27-13(2)28)24(40-18(7)33)21(39-17(6)32)11-37-15(4)30/h19-24,34H,8-12H2,1-7H3,(H,27,28)/t19?,20?,21-,22-,23+,24+,26+/m1/s1. The number of amides is 1. The third-order valence-corrected chi connectivity index (χ3v) is 5.71. The average Bonchev–Trinajstić information content (AvgIpc) is 2.90. The van der Waals surface area contributed by atoms with Crippen LogP contribution in [-0.2, 0) is 71.5 Å². The van der Waals surface area contributed by atoms with Gasteiger partial charge in [0.1, 0.15) is 38.1 Å². The molecule has 43 heavy (non-hydrogen) atoms. The average molecular weight is 622 g/mol. The van der Waals surface area contributed by atoms with Gasteiger partial charge in [-0.2, -0.15) is 0 Å². The van der Waals surface area contributed by atoms with Crippen LogP contribution in [-0.4, -0.2) is 116 Å². The number of rotatable bonds is 16. The Morgan fingerprint density at radius 3 is 1.88 bits per heavy atom. The second kappa shape index (κ2) is 17.3. The first-order chi connectivity index (χ1) is 20.0. The number of aliphatic hydroxyl groups is 1. The highest BCUT2D eigenvalue weighted by Gasteiger charge is 2.55. The predicted octanol–water partition coefficient (Wildman–Crippen LogP) is -1.16. The van der Waals surface area contributed by atoms with Gasteiger partial charge < -0.3 is 48.3 Å². The van der Waals surface area contributed by atoms with Gasteiger partial charge in [0.15, 0.2) is 18.3 Å². The van der Waals surface area contributed by atoms with E-state index in [1.807, 2.05) is 0 Å². The zero-order valence-corrected chi connectivity index (χ0v) is 25.1. The number of esters is 6. The molecule has 17 heteroatoms. The molecule has 2 N–H and O–H groups in total. The molecule has 1 saturated heterocycles. The van der Waals surface area contributed by atoms with E-state index in [9.17, 15) is 38.7 Å². The summed E-state index contributed by atoms with van der Waals surface area (Å²) in [5.41, 5.74) is 0. The second-order valence-electron chi connectivity index (χ2n) is 9.42. The van der Waals surface area contributed by atoms with Gasteiger partial charge in [-0.15, -0.1) is 0 Å². The van der Waals surface area contributed by atoms with Crippen molar-refractivity contribution in [1.29, 1.82) is 0 Å². The summed E-state index contributed by atoms with van der Waals surface area (Å²) in [4.78, 5) is 83.5. The summed E-state index contributed by atoms with van der Waals surface area (Å²) in [5, 5.41) is 13.0. The number of aliphatic hydroxyl groups excluding tert-OH is 1. The topological polar surface area (TPSA) is 226 Å². The Hall–Kier alpha value is -3.83. The molecule has 0 bridgehead atoms. The Bertz CT molecular complexity index is 1030. The maximum absolute atomic E-state index is 13.4. The largest absolute Gasteiger partial charge is 0.463 e. The van der Waals surface area contributed by atoms with Crippen molar-refractivity contribution in [3.63, 3.8) is 0 Å². The van der Waals surface area contributed by atoms with E-state index in [0.29, 0.717) is 0 Å². The molecule has 0 saturated carbocycles. The summed E-state index contributed by atoms with van der Waals surface area (Å²) < 4.78 is 42.9. The number of carbonyl (C=O) groups excluding carboxylic acids is 7. The fourth-order valence-corrected chi connectivity index (χ4v) is 3.89. The van der Waals surface area contributed by atoms with E-state index in [2.05, 4.69) is 5.32 Å². The van der Waals surface area contributed by atoms with Crippen LogP contribution in [0.3, 0.4) is 0 Å². The number of nitrogens with one attached hydrogen (secondary N) is 1. The van der Waals surface area contributed by atoms with E-state index in [0.717, 1.165) is 34.6 Å². The van der Waals surface area contributed by atoms with Gasteiger partial charge in [-0.3, -0.25) is 28.8 Å². The maximum Gasteiger partial charge on any atom is 0.367 e. The molecule has 7 atom stereocenters. The van der Waals surface area contributed by atoms with Crippen molar-refractivity contribution in [2.24, 2.45) is 0 Å². The summed E-state index contributed by atoms with van der Waals surface area (Å²) in [7, 11) is 0. The fourth-order valence-electron chi connectivity index (χ4n) is 3.89. The highest BCUT2D eigenvalue weighted by Crippen LogP contribution is 2.34. The van der Waals surface area contributed by atoms with Gasteiger partial charge in [0.05, 0.1) is 0 Å². The lowest BCUT2D eigenvalue weighted by Crippen LogP contribution is -2.64. The van der Waals surface area contributed by atoms with Crippen molar-refractivity contribution in [1.82, 2.24) is 5.32 Å². The van der Waals surface area contributed by atoms with Gasteiger partial charge in [-0.05, 0) is 0 Å². The molecule has 0 aromatic carbocycles. The molecule has 1 aliphatic heterocycles. The third-order valence-electron chi connectivity index (χ3n) is 5.71. The van der Waals surface area contributed by atoms with Gasteiger partial charge in [0.2, 0.25) is 5.91 Å². The fraction of sp³-hybridized carbons (Fsp3) is 0.731. The summed E-state index contributed by atoms with van der Waals surface area (Å²) in [6, 6.07) is 0. The van der Waals surface area contributed by atoms with Crippen LogP contribution < -0.4 is 5.32 Å². The second-order valence-corrected chi connectivity index (χ2v) is 9.42. The van der Waals surface area contributed by atoms with E-state index in [-0.39, 0.29) is 6.42 Å². The van der Waals surface area contributed by atoms with Gasteiger partial charge in [-0.25, -0.2) is 4.79 Å². The van der Waals surface area contributed by atoms with Crippen LogP contribution in [0, 0.1) is 0 Å². The first-order valence-electron chi connectivity index (χ1n) is 13.2. The van der Waals surface area contributed by atoms with Crippen LogP contribution in [0.25, 0.3) is 0 Å². The molecule has 0 aromatic rings. The predicted molar refractivity (Wildman–Crippen MR) is 138 cm³/mol. The minimum Gasteiger partial charge on any atom is -0.463 e. The Kier molecular flexibility index (Phi) is 15.0. The Morgan fingerprint density at radius 1 is 0.837 bits per heavy atom. The zero-order valence-electron chi connectivity index (χ0n) is 25.1. The Morgan fingerprint density at radius 2 is 1.40 bits per heavy atom. The van der Waals surface area contributed by atoms with Gasteiger partial charge in [0, 0.05) is 54.5 Å². The zero-order chi connectivity index (χ0) is 32.9. The number of hydrogen-bond acceptors (Lipinski definition) is 16. The highest BCUT2D eigenvalue weighted by molar-refractivity contribution is 5.79. The highest BCUT2D eigenvalue weighted by atomic mass is 16.8. The van der Waals surface area contributed by atoms with E-state index < -0.39 is 110 Å². The van der Waals surface area contributed by atoms with E-state index in [1.165, 1.54) is 13.8 Å². The molecule has 1 amide bonds. The van der Waals surface area contributed by atoms with Crippen molar-refractivity contribution >= 4 is 41.7 Å². The molecular weight excluding hydrogens is 582 g/mol. The molecule has 1 rings (SSSR count). The number of carbonyl (C=O) groups is 7. The minimum atomic E-state index is -2.33. The van der Waals surface area contributed by atoms with Crippen LogP contribution in [0.1, 0.15) is 54.9 Å². The first-order valence-corrected chi connectivity index (χ1v) is 13.2. The molecule has 1 fully saturated rings. The van der Waals surface area contributed by atoms with Gasteiger partial charge in [0.25, 0.3) is 5.79 Å². The van der Waals surface area contributed by atoms with Crippen molar-refractivity contribution in [2.75, 3.05) is 26.4 Å². The molecule has 1 aliphatic rings. The van der Waals surface area contributed by atoms with E-state index in [4.69, 9.17) is 37.9 Å². The quantitative estimate of drug-likeness (QED) is 0.153. The Balaban J connectivity index is 3.56. The van der Waals surface area contributed by atoms with Crippen LogP contribution in [0.15, 0.2) is 0 Å². The monoisotopic (exact) mass is 621 g/mol. The Labute approximate surface area is 247 Å².